The summed E-state index contributed by atoms with van der Waals surface area (Å²) in [5.41, 5.74) is 15.4. The average Bonchev–Trinajstić information content (AvgIpc) is 2.15. The van der Waals surface area contributed by atoms with Crippen molar-refractivity contribution in [2.75, 3.05) is 13.2 Å². The van der Waals surface area contributed by atoms with E-state index in [1.54, 1.807) is 0 Å². The molecular weight excluding hydrogens is 204 g/mol. The minimum atomic E-state index is 0.0198. The molecule has 0 spiro atoms. The van der Waals surface area contributed by atoms with Crippen LogP contribution in [0, 0.1) is 13.8 Å². The van der Waals surface area contributed by atoms with Gasteiger partial charge in [-0.3, -0.25) is 0 Å². The van der Waals surface area contributed by atoms with Gasteiger partial charge >= 0.3 is 0 Å². The molecule has 0 fully saturated rings. The van der Waals surface area contributed by atoms with Crippen molar-refractivity contribution in [1.29, 1.82) is 0 Å². The Hall–Kier alpha value is -1.91. The van der Waals surface area contributed by atoms with E-state index in [2.05, 4.69) is 16.6 Å². The zero-order valence-corrected chi connectivity index (χ0v) is 9.66. The zero-order valence-electron chi connectivity index (χ0n) is 9.66. The molecule has 0 atom stereocenters. The lowest BCUT2D eigenvalue weighted by Gasteiger charge is -2.07. The van der Waals surface area contributed by atoms with Crippen LogP contribution in [0.3, 0.4) is 0 Å². The van der Waals surface area contributed by atoms with E-state index in [1.165, 1.54) is 11.1 Å². The molecule has 0 unspecified atom stereocenters. The van der Waals surface area contributed by atoms with Gasteiger partial charge in [-0.2, -0.15) is 0 Å². The summed E-state index contributed by atoms with van der Waals surface area (Å²) in [4.78, 5) is 0. The summed E-state index contributed by atoms with van der Waals surface area (Å²) in [5, 5.41) is 3.63. The summed E-state index contributed by atoms with van der Waals surface area (Å²) in [7, 11) is 0. The van der Waals surface area contributed by atoms with E-state index in [9.17, 15) is 0 Å². The molecule has 0 heterocycles. The van der Waals surface area contributed by atoms with Crippen molar-refractivity contribution in [3.8, 4) is 5.75 Å². The molecule has 1 aromatic carbocycles. The molecule has 0 aromatic heterocycles. The van der Waals surface area contributed by atoms with Gasteiger partial charge in [0.15, 0.2) is 0 Å². The number of benzene rings is 1. The first-order valence-corrected chi connectivity index (χ1v) is 5.10. The maximum Gasteiger partial charge on any atom is 0.208 e. The molecule has 0 aliphatic heterocycles. The third kappa shape index (κ3) is 4.54. The van der Waals surface area contributed by atoms with Gasteiger partial charge in [0.25, 0.3) is 0 Å². The van der Waals surface area contributed by atoms with Gasteiger partial charge in [-0.15, -0.1) is 5.10 Å². The lowest BCUT2D eigenvalue weighted by atomic mass is 10.1. The Morgan fingerprint density at radius 1 is 1.25 bits per heavy atom. The smallest absolute Gasteiger partial charge is 0.208 e. The number of ether oxygens (including phenoxy) is 1. The lowest BCUT2D eigenvalue weighted by Crippen LogP contribution is -2.27. The third-order valence-electron chi connectivity index (χ3n) is 1.89. The highest BCUT2D eigenvalue weighted by Crippen LogP contribution is 2.15. The summed E-state index contributed by atoms with van der Waals surface area (Å²) < 4.78 is 5.54. The molecule has 1 aromatic rings. The van der Waals surface area contributed by atoms with E-state index >= 15 is 0 Å². The number of aryl methyl sites for hydroxylation is 2. The summed E-state index contributed by atoms with van der Waals surface area (Å²) in [5.74, 6) is 0.885. The van der Waals surface area contributed by atoms with Crippen molar-refractivity contribution in [3.63, 3.8) is 0 Å². The maximum absolute atomic E-state index is 5.54. The number of guanidine groups is 1. The van der Waals surface area contributed by atoms with Crippen molar-refractivity contribution < 1.29 is 4.74 Å². The molecule has 16 heavy (non-hydrogen) atoms. The summed E-state index contributed by atoms with van der Waals surface area (Å²) in [6.45, 7) is 5.15. The van der Waals surface area contributed by atoms with Gasteiger partial charge in [-0.05, 0) is 37.1 Å². The van der Waals surface area contributed by atoms with Crippen LogP contribution in [0.4, 0.5) is 0 Å². The molecule has 0 saturated carbocycles. The topological polar surface area (TPSA) is 85.7 Å². The minimum Gasteiger partial charge on any atom is -0.492 e. The van der Waals surface area contributed by atoms with Crippen LogP contribution in [0.15, 0.2) is 23.3 Å². The Labute approximate surface area is 95.5 Å². The summed E-state index contributed by atoms with van der Waals surface area (Å²) in [6, 6.07) is 6.09. The molecule has 5 nitrogen and oxygen atoms in total. The van der Waals surface area contributed by atoms with Crippen LogP contribution >= 0.6 is 0 Å². The highest BCUT2D eigenvalue weighted by atomic mass is 16.5. The zero-order chi connectivity index (χ0) is 12.0. The van der Waals surface area contributed by atoms with E-state index in [0.717, 1.165) is 5.75 Å². The van der Waals surface area contributed by atoms with E-state index in [4.69, 9.17) is 16.2 Å². The highest BCUT2D eigenvalue weighted by Gasteiger charge is 1.96. The summed E-state index contributed by atoms with van der Waals surface area (Å²) >= 11 is 0. The van der Waals surface area contributed by atoms with Crippen molar-refractivity contribution >= 4 is 5.96 Å². The van der Waals surface area contributed by atoms with Gasteiger partial charge in [0.1, 0.15) is 12.4 Å². The Kier molecular flexibility index (Phi) is 4.44. The van der Waals surface area contributed by atoms with Gasteiger partial charge in [0.2, 0.25) is 5.96 Å². The number of nitrogens with two attached hydrogens (primary N) is 2. The molecule has 0 aliphatic rings. The van der Waals surface area contributed by atoms with Crippen molar-refractivity contribution in [2.45, 2.75) is 13.8 Å². The maximum atomic E-state index is 5.54. The molecule has 5 N–H and O–H groups in total. The van der Waals surface area contributed by atoms with Crippen molar-refractivity contribution in [3.05, 3.63) is 29.3 Å². The van der Waals surface area contributed by atoms with Crippen LogP contribution in [0.1, 0.15) is 11.1 Å². The molecule has 0 saturated heterocycles. The van der Waals surface area contributed by atoms with Crippen LogP contribution in [-0.4, -0.2) is 19.1 Å². The second-order valence-corrected chi connectivity index (χ2v) is 3.62. The number of hydrazone groups is 1. The Bertz CT molecular complexity index is 352. The normalized spacial score (nSPS) is 9.62. The number of rotatable bonds is 5. The number of hydrogen-bond donors (Lipinski definition) is 3. The predicted octanol–water partition coefficient (Wildman–Crippen LogP) is 0.460. The van der Waals surface area contributed by atoms with E-state index < -0.39 is 0 Å². The van der Waals surface area contributed by atoms with Crippen LogP contribution in [-0.2, 0) is 0 Å². The Morgan fingerprint density at radius 3 is 2.44 bits per heavy atom. The van der Waals surface area contributed by atoms with Crippen LogP contribution < -0.4 is 21.6 Å². The van der Waals surface area contributed by atoms with E-state index in [1.807, 2.05) is 26.0 Å². The van der Waals surface area contributed by atoms with Crippen LogP contribution in [0.5, 0.6) is 5.75 Å². The van der Waals surface area contributed by atoms with Crippen molar-refractivity contribution in [1.82, 2.24) is 5.43 Å². The monoisotopic (exact) mass is 222 g/mol. The number of nitrogens with one attached hydrogen (secondary N) is 1. The van der Waals surface area contributed by atoms with Gasteiger partial charge in [0.05, 0.1) is 6.54 Å². The molecule has 0 radical (unpaired) electrons. The van der Waals surface area contributed by atoms with Gasteiger partial charge < -0.3 is 21.6 Å². The van der Waals surface area contributed by atoms with Gasteiger partial charge in [-0.25, -0.2) is 0 Å². The SMILES string of the molecule is Cc1cc(C)cc(OCCNN=C(N)N)c1. The second kappa shape index (κ2) is 5.85. The lowest BCUT2D eigenvalue weighted by molar-refractivity contribution is 0.315. The van der Waals surface area contributed by atoms with E-state index in [-0.39, 0.29) is 5.96 Å². The van der Waals surface area contributed by atoms with Crippen LogP contribution in [0.2, 0.25) is 0 Å². The van der Waals surface area contributed by atoms with Gasteiger partial charge in [-0.1, -0.05) is 6.07 Å². The molecule has 0 aliphatic carbocycles. The Morgan fingerprint density at radius 2 is 1.88 bits per heavy atom. The summed E-state index contributed by atoms with van der Waals surface area (Å²) in [6.07, 6.45) is 0. The largest absolute Gasteiger partial charge is 0.492 e. The molecule has 0 amide bonds. The molecule has 88 valence electrons. The minimum absolute atomic E-state index is 0.0198. The first kappa shape index (κ1) is 12.2. The average molecular weight is 222 g/mol. The third-order valence-corrected chi connectivity index (χ3v) is 1.89. The van der Waals surface area contributed by atoms with E-state index in [0.29, 0.717) is 13.2 Å². The van der Waals surface area contributed by atoms with Crippen molar-refractivity contribution in [2.24, 2.45) is 16.6 Å². The Balaban J connectivity index is 2.34. The predicted molar refractivity (Wildman–Crippen MR) is 65.2 cm³/mol. The number of nitrogens with zero attached hydrogens (tertiary/aromatic N) is 1. The number of hydrogen-bond acceptors (Lipinski definition) is 3. The second-order valence-electron chi connectivity index (χ2n) is 3.62. The first-order valence-electron chi connectivity index (χ1n) is 5.10. The fraction of sp³-hybridized carbons (Fsp3) is 0.364. The van der Waals surface area contributed by atoms with Crippen LogP contribution in [0.25, 0.3) is 0 Å². The quantitative estimate of drug-likeness (QED) is 0.292. The fourth-order valence-electron chi connectivity index (χ4n) is 1.38. The molecule has 1 rings (SSSR count). The molecular formula is C11H18N4O. The fourth-order valence-corrected chi connectivity index (χ4v) is 1.38. The standard InChI is InChI=1S/C11H18N4O/c1-8-5-9(2)7-10(6-8)16-4-3-14-15-11(12)13/h5-7,14H,3-4H2,1-2H3,(H4,12,13,15). The molecule has 0 bridgehead atoms. The first-order chi connectivity index (χ1) is 7.58. The highest BCUT2D eigenvalue weighted by molar-refractivity contribution is 5.75. The molecule has 5 heteroatoms. The van der Waals surface area contributed by atoms with Gasteiger partial charge in [0, 0.05) is 0 Å².